The summed E-state index contributed by atoms with van der Waals surface area (Å²) in [4.78, 5) is 20.5. The van der Waals surface area contributed by atoms with Gasteiger partial charge < -0.3 is 5.32 Å². The number of piperidine rings is 1. The summed E-state index contributed by atoms with van der Waals surface area (Å²) in [6.45, 7) is 1.26. The number of amides is 1. The van der Waals surface area contributed by atoms with Gasteiger partial charge in [-0.05, 0) is 74.0 Å². The van der Waals surface area contributed by atoms with Crippen LogP contribution < -0.4 is 5.32 Å². The molecular formula is C29H31FN6O. The normalized spacial score (nSPS) is 22.2. The molecule has 8 heteroatoms. The molecule has 0 aliphatic carbocycles. The zero-order valence-corrected chi connectivity index (χ0v) is 20.7. The van der Waals surface area contributed by atoms with Gasteiger partial charge in [0.15, 0.2) is 5.65 Å². The molecule has 2 fully saturated rings. The minimum absolute atomic E-state index is 0.0120. The Balaban J connectivity index is 1.13. The molecule has 1 N–H and O–H groups in total. The first kappa shape index (κ1) is 23.7. The van der Waals surface area contributed by atoms with E-state index < -0.39 is 0 Å². The summed E-state index contributed by atoms with van der Waals surface area (Å²) in [6, 6.07) is 21.4. The fraction of sp³-hybridized carbons (Fsp3) is 0.379. The average molecular weight is 499 g/mol. The van der Waals surface area contributed by atoms with Gasteiger partial charge in [0.1, 0.15) is 11.3 Å². The number of nitrogens with zero attached hydrogens (tertiary/aromatic N) is 5. The molecule has 2 aliphatic heterocycles. The third-order valence-corrected chi connectivity index (χ3v) is 8.01. The van der Waals surface area contributed by atoms with Crippen LogP contribution in [0.1, 0.15) is 55.2 Å². The lowest BCUT2D eigenvalue weighted by atomic mass is 9.92. The van der Waals surface area contributed by atoms with Crippen LogP contribution in [0, 0.1) is 5.82 Å². The molecule has 37 heavy (non-hydrogen) atoms. The van der Waals surface area contributed by atoms with Crippen LogP contribution in [-0.4, -0.2) is 49.4 Å². The topological polar surface area (TPSA) is 75.9 Å². The standard InChI is InChI=1S/C29H31FN6O/c30-22-10-8-20(9-11-22)19-32-29(37)26(21-5-2-1-3-6-21)14-16-35-23-12-13-24(35)18-25(17-23)36-28-27(33-34-36)7-4-15-31-28/h1-11,15,23-26H,12-14,16-19H2,(H,32,37)/t23-,24-,26+/m1/s1. The minimum Gasteiger partial charge on any atom is -0.351 e. The Hall–Kier alpha value is -3.65. The third-order valence-electron chi connectivity index (χ3n) is 8.01. The maximum absolute atomic E-state index is 13.3. The number of rotatable bonds is 8. The van der Waals surface area contributed by atoms with E-state index in [0.717, 1.165) is 48.1 Å². The number of pyridine rings is 1. The number of hydrogen-bond acceptors (Lipinski definition) is 5. The molecule has 0 radical (unpaired) electrons. The highest BCUT2D eigenvalue weighted by molar-refractivity contribution is 5.83. The summed E-state index contributed by atoms with van der Waals surface area (Å²) in [7, 11) is 0. The zero-order valence-electron chi connectivity index (χ0n) is 20.7. The first-order valence-corrected chi connectivity index (χ1v) is 13.1. The van der Waals surface area contributed by atoms with Gasteiger partial charge >= 0.3 is 0 Å². The number of carbonyl (C=O) groups is 1. The Morgan fingerprint density at radius 1 is 0.973 bits per heavy atom. The molecule has 0 unspecified atom stereocenters. The lowest BCUT2D eigenvalue weighted by Gasteiger charge is -2.39. The van der Waals surface area contributed by atoms with E-state index in [1.807, 2.05) is 47.1 Å². The Morgan fingerprint density at radius 3 is 2.49 bits per heavy atom. The number of hydrogen-bond donors (Lipinski definition) is 1. The molecule has 7 nitrogen and oxygen atoms in total. The van der Waals surface area contributed by atoms with Crippen molar-refractivity contribution in [2.75, 3.05) is 6.54 Å². The van der Waals surface area contributed by atoms with Gasteiger partial charge in [-0.3, -0.25) is 9.69 Å². The van der Waals surface area contributed by atoms with Crippen molar-refractivity contribution in [3.63, 3.8) is 0 Å². The van der Waals surface area contributed by atoms with Gasteiger partial charge in [-0.1, -0.05) is 47.7 Å². The summed E-state index contributed by atoms with van der Waals surface area (Å²) in [5.41, 5.74) is 3.62. The van der Waals surface area contributed by atoms with Crippen molar-refractivity contribution in [2.45, 2.75) is 62.7 Å². The molecule has 6 rings (SSSR count). The molecule has 4 aromatic rings. The van der Waals surface area contributed by atoms with E-state index in [-0.39, 0.29) is 17.6 Å². The summed E-state index contributed by atoms with van der Waals surface area (Å²) < 4.78 is 15.3. The fourth-order valence-electron chi connectivity index (χ4n) is 6.17. The van der Waals surface area contributed by atoms with Crippen molar-refractivity contribution in [2.24, 2.45) is 0 Å². The molecule has 4 heterocycles. The van der Waals surface area contributed by atoms with E-state index in [1.54, 1.807) is 18.3 Å². The second-order valence-electron chi connectivity index (χ2n) is 10.2. The number of benzene rings is 2. The van der Waals surface area contributed by atoms with E-state index in [9.17, 15) is 9.18 Å². The lowest BCUT2D eigenvalue weighted by Crippen LogP contribution is -2.45. The van der Waals surface area contributed by atoms with Crippen LogP contribution in [0.25, 0.3) is 11.2 Å². The van der Waals surface area contributed by atoms with Crippen molar-refractivity contribution in [3.05, 3.63) is 89.9 Å². The maximum Gasteiger partial charge on any atom is 0.227 e. The summed E-state index contributed by atoms with van der Waals surface area (Å²) in [6.07, 6.45) is 6.96. The first-order valence-electron chi connectivity index (χ1n) is 13.1. The van der Waals surface area contributed by atoms with Gasteiger partial charge in [0.2, 0.25) is 5.91 Å². The molecule has 3 atom stereocenters. The van der Waals surface area contributed by atoms with Crippen molar-refractivity contribution >= 4 is 17.1 Å². The Bertz CT molecular complexity index is 1340. The molecule has 2 aromatic heterocycles. The average Bonchev–Trinajstić information content (AvgIpc) is 3.46. The van der Waals surface area contributed by atoms with E-state index in [2.05, 4.69) is 25.5 Å². The minimum atomic E-state index is -0.274. The smallest absolute Gasteiger partial charge is 0.227 e. The number of carbonyl (C=O) groups excluding carboxylic acids is 1. The Morgan fingerprint density at radius 2 is 1.73 bits per heavy atom. The molecule has 2 aliphatic rings. The second kappa shape index (κ2) is 10.4. The summed E-state index contributed by atoms with van der Waals surface area (Å²) >= 11 is 0. The molecule has 0 saturated carbocycles. The Labute approximate surface area is 215 Å². The predicted molar refractivity (Wildman–Crippen MR) is 139 cm³/mol. The lowest BCUT2D eigenvalue weighted by molar-refractivity contribution is -0.123. The van der Waals surface area contributed by atoms with Crippen LogP contribution in [0.2, 0.25) is 0 Å². The second-order valence-corrected chi connectivity index (χ2v) is 10.2. The molecular weight excluding hydrogens is 467 g/mol. The van der Waals surface area contributed by atoms with Crippen molar-refractivity contribution in [1.29, 1.82) is 0 Å². The van der Waals surface area contributed by atoms with Gasteiger partial charge in [0.25, 0.3) is 0 Å². The van der Waals surface area contributed by atoms with Crippen LogP contribution in [0.4, 0.5) is 4.39 Å². The Kier molecular flexibility index (Phi) is 6.66. The molecule has 2 bridgehead atoms. The summed E-state index contributed by atoms with van der Waals surface area (Å²) in [5, 5.41) is 11.8. The van der Waals surface area contributed by atoms with Gasteiger partial charge in [-0.25, -0.2) is 14.1 Å². The SMILES string of the molecule is O=C(NCc1ccc(F)cc1)[C@@H](CCN1[C@@H]2CC[C@@H]1CC(n1nnc3cccnc31)C2)c1ccccc1. The van der Waals surface area contributed by atoms with E-state index >= 15 is 0 Å². The first-order chi connectivity index (χ1) is 18.2. The quantitative estimate of drug-likeness (QED) is 0.384. The molecule has 2 aromatic carbocycles. The van der Waals surface area contributed by atoms with Crippen molar-refractivity contribution < 1.29 is 9.18 Å². The van der Waals surface area contributed by atoms with Crippen LogP contribution in [-0.2, 0) is 11.3 Å². The summed E-state index contributed by atoms with van der Waals surface area (Å²) in [5.74, 6) is -0.496. The van der Waals surface area contributed by atoms with Crippen LogP contribution >= 0.6 is 0 Å². The highest BCUT2D eigenvalue weighted by atomic mass is 19.1. The largest absolute Gasteiger partial charge is 0.351 e. The van der Waals surface area contributed by atoms with Gasteiger partial charge in [-0.15, -0.1) is 5.10 Å². The number of nitrogens with one attached hydrogen (secondary N) is 1. The highest BCUT2D eigenvalue weighted by Crippen LogP contribution is 2.41. The fourth-order valence-corrected chi connectivity index (χ4v) is 6.17. The molecule has 2 saturated heterocycles. The molecule has 190 valence electrons. The van der Waals surface area contributed by atoms with E-state index in [0.29, 0.717) is 24.7 Å². The van der Waals surface area contributed by atoms with Crippen molar-refractivity contribution in [1.82, 2.24) is 30.2 Å². The maximum atomic E-state index is 13.3. The molecule has 0 spiro atoms. The van der Waals surface area contributed by atoms with Crippen LogP contribution in [0.5, 0.6) is 0 Å². The van der Waals surface area contributed by atoms with Gasteiger partial charge in [-0.2, -0.15) is 0 Å². The predicted octanol–water partition coefficient (Wildman–Crippen LogP) is 4.62. The van der Waals surface area contributed by atoms with Crippen LogP contribution in [0.15, 0.2) is 72.9 Å². The molecule has 1 amide bonds. The zero-order chi connectivity index (χ0) is 25.2. The van der Waals surface area contributed by atoms with E-state index in [4.69, 9.17) is 0 Å². The van der Waals surface area contributed by atoms with Gasteiger partial charge in [0, 0.05) is 24.8 Å². The number of halogens is 1. The van der Waals surface area contributed by atoms with Crippen LogP contribution in [0.3, 0.4) is 0 Å². The highest BCUT2D eigenvalue weighted by Gasteiger charge is 2.42. The monoisotopic (exact) mass is 498 g/mol. The van der Waals surface area contributed by atoms with E-state index in [1.165, 1.54) is 25.0 Å². The number of aromatic nitrogens is 4. The third kappa shape index (κ3) is 4.98. The van der Waals surface area contributed by atoms with Crippen molar-refractivity contribution in [3.8, 4) is 0 Å². The number of fused-ring (bicyclic) bond motifs is 3. The van der Waals surface area contributed by atoms with Gasteiger partial charge in [0.05, 0.1) is 12.0 Å².